The Morgan fingerprint density at radius 1 is 1.44 bits per heavy atom. The summed E-state index contributed by atoms with van der Waals surface area (Å²) in [6.07, 6.45) is 4.56. The molecule has 0 aliphatic carbocycles. The van der Waals surface area contributed by atoms with Crippen molar-refractivity contribution in [1.29, 1.82) is 0 Å². The van der Waals surface area contributed by atoms with Crippen molar-refractivity contribution in [2.45, 2.75) is 31.6 Å². The molecule has 2 amide bonds. The highest BCUT2D eigenvalue weighted by Crippen LogP contribution is 2.52. The molecule has 27 heavy (non-hydrogen) atoms. The molecule has 2 bridgehead atoms. The first kappa shape index (κ1) is 18.0. The molecule has 0 radical (unpaired) electrons. The monoisotopic (exact) mass is 370 g/mol. The number of amides is 2. The van der Waals surface area contributed by atoms with Crippen LogP contribution in [0.2, 0.25) is 0 Å². The lowest BCUT2D eigenvalue weighted by molar-refractivity contribution is -0.142. The molecular weight excluding hydrogens is 344 g/mol. The van der Waals surface area contributed by atoms with Gasteiger partial charge in [0.1, 0.15) is 11.4 Å². The molecule has 0 unspecified atom stereocenters. The summed E-state index contributed by atoms with van der Waals surface area (Å²) in [4.78, 5) is 29.8. The molecule has 1 spiro atoms. The van der Waals surface area contributed by atoms with Crippen LogP contribution in [0.25, 0.3) is 0 Å². The van der Waals surface area contributed by atoms with Crippen LogP contribution in [0.5, 0.6) is 5.75 Å². The van der Waals surface area contributed by atoms with Crippen molar-refractivity contribution in [3.05, 3.63) is 42.0 Å². The minimum Gasteiger partial charge on any atom is -0.497 e. The molecule has 2 fully saturated rings. The molecule has 3 aliphatic heterocycles. The highest BCUT2D eigenvalue weighted by Gasteiger charge is 2.66. The van der Waals surface area contributed by atoms with Gasteiger partial charge < -0.3 is 19.3 Å². The molecule has 1 aromatic rings. The topological polar surface area (TPSA) is 59.1 Å². The summed E-state index contributed by atoms with van der Waals surface area (Å²) in [5.41, 5.74) is 0.345. The van der Waals surface area contributed by atoms with Crippen LogP contribution in [-0.2, 0) is 20.9 Å². The van der Waals surface area contributed by atoms with E-state index in [0.717, 1.165) is 17.7 Å². The van der Waals surface area contributed by atoms with Crippen molar-refractivity contribution in [1.82, 2.24) is 9.80 Å². The van der Waals surface area contributed by atoms with Gasteiger partial charge in [-0.15, -0.1) is 0 Å². The normalized spacial score (nSPS) is 30.7. The van der Waals surface area contributed by atoms with E-state index in [-0.39, 0.29) is 17.9 Å². The number of hydrogen-bond donors (Lipinski definition) is 0. The van der Waals surface area contributed by atoms with Crippen LogP contribution in [0.1, 0.15) is 18.9 Å². The Bertz CT molecular complexity index is 792. The molecule has 2 saturated heterocycles. The van der Waals surface area contributed by atoms with Gasteiger partial charge in [0, 0.05) is 20.1 Å². The zero-order chi connectivity index (χ0) is 19.2. The minimum absolute atomic E-state index is 0.00733. The molecule has 6 nitrogen and oxygen atoms in total. The number of rotatable bonds is 6. The van der Waals surface area contributed by atoms with E-state index in [9.17, 15) is 9.59 Å². The Labute approximate surface area is 159 Å². The quantitative estimate of drug-likeness (QED) is 0.717. The summed E-state index contributed by atoms with van der Waals surface area (Å²) in [6, 6.07) is 7.72. The average molecular weight is 370 g/mol. The highest BCUT2D eigenvalue weighted by molar-refractivity contribution is 5.93. The Hall–Kier alpha value is -2.34. The van der Waals surface area contributed by atoms with Gasteiger partial charge in [-0.1, -0.05) is 31.2 Å². The van der Waals surface area contributed by atoms with Crippen molar-refractivity contribution >= 4 is 11.8 Å². The number of benzene rings is 1. The second-order valence-corrected chi connectivity index (χ2v) is 7.71. The van der Waals surface area contributed by atoms with E-state index in [4.69, 9.17) is 9.47 Å². The maximum Gasteiger partial charge on any atom is 0.230 e. The van der Waals surface area contributed by atoms with Crippen LogP contribution >= 0.6 is 0 Å². The van der Waals surface area contributed by atoms with E-state index in [1.807, 2.05) is 55.3 Å². The van der Waals surface area contributed by atoms with Crippen molar-refractivity contribution < 1.29 is 19.1 Å². The maximum atomic E-state index is 13.2. The molecule has 0 aromatic heterocycles. The van der Waals surface area contributed by atoms with Crippen LogP contribution in [0.4, 0.5) is 0 Å². The van der Waals surface area contributed by atoms with E-state index in [1.54, 1.807) is 12.0 Å². The summed E-state index contributed by atoms with van der Waals surface area (Å²) >= 11 is 0. The fourth-order valence-electron chi connectivity index (χ4n) is 4.69. The number of methoxy groups -OCH3 is 1. The first-order valence-electron chi connectivity index (χ1n) is 9.53. The van der Waals surface area contributed by atoms with Crippen LogP contribution in [0.15, 0.2) is 36.4 Å². The molecule has 6 heteroatoms. The first-order chi connectivity index (χ1) is 13.0. The van der Waals surface area contributed by atoms with E-state index < -0.39 is 17.4 Å². The SMILES string of the molecule is CCCN(C)C(=O)[C@@H]1[C@@H]2C=C[C@@]3(CN(Cc4cccc(OC)c4)C(=O)[C@H]13)O2. The Morgan fingerprint density at radius 2 is 2.26 bits per heavy atom. The van der Waals surface area contributed by atoms with Gasteiger partial charge in [-0.05, 0) is 24.1 Å². The molecule has 3 aliphatic rings. The number of carbonyl (C=O) groups excluding carboxylic acids is 2. The second-order valence-electron chi connectivity index (χ2n) is 7.71. The van der Waals surface area contributed by atoms with E-state index in [2.05, 4.69) is 0 Å². The second kappa shape index (κ2) is 6.68. The van der Waals surface area contributed by atoms with Gasteiger partial charge in [0.2, 0.25) is 11.8 Å². The largest absolute Gasteiger partial charge is 0.497 e. The molecular formula is C21H26N2O4. The lowest BCUT2D eigenvalue weighted by Gasteiger charge is -2.27. The minimum atomic E-state index is -0.659. The number of hydrogen-bond acceptors (Lipinski definition) is 4. The number of ether oxygens (including phenoxy) is 2. The van der Waals surface area contributed by atoms with Crippen LogP contribution in [-0.4, -0.2) is 60.6 Å². The standard InChI is InChI=1S/C21H26N2O4/c1-4-10-22(2)19(24)17-16-8-9-21(27-16)13-23(20(25)18(17)21)12-14-6-5-7-15(11-14)26-3/h5-9,11,16-18H,4,10,12-13H2,1-3H3/t16-,17+,18-,21-/m0/s1. The van der Waals surface area contributed by atoms with Crippen molar-refractivity contribution in [2.24, 2.45) is 11.8 Å². The zero-order valence-electron chi connectivity index (χ0n) is 16.1. The summed E-state index contributed by atoms with van der Waals surface area (Å²) in [5, 5.41) is 0. The molecule has 3 heterocycles. The third-order valence-corrected chi connectivity index (χ3v) is 5.91. The van der Waals surface area contributed by atoms with E-state index in [0.29, 0.717) is 19.6 Å². The predicted molar refractivity (Wildman–Crippen MR) is 100 cm³/mol. The summed E-state index contributed by atoms with van der Waals surface area (Å²) in [5.74, 6) is -0.0642. The molecule has 144 valence electrons. The lowest BCUT2D eigenvalue weighted by Crippen LogP contribution is -2.44. The van der Waals surface area contributed by atoms with Crippen LogP contribution < -0.4 is 4.74 Å². The summed E-state index contributed by atoms with van der Waals surface area (Å²) in [7, 11) is 3.44. The predicted octanol–water partition coefficient (Wildman–Crippen LogP) is 1.85. The molecule has 1 aromatic carbocycles. The summed E-state index contributed by atoms with van der Waals surface area (Å²) < 4.78 is 11.5. The van der Waals surface area contributed by atoms with Gasteiger partial charge in [0.15, 0.2) is 0 Å². The third kappa shape index (κ3) is 2.83. The lowest BCUT2D eigenvalue weighted by atomic mass is 9.76. The number of fused-ring (bicyclic) bond motifs is 1. The fourth-order valence-corrected chi connectivity index (χ4v) is 4.69. The van der Waals surface area contributed by atoms with Gasteiger partial charge in [-0.25, -0.2) is 0 Å². The third-order valence-electron chi connectivity index (χ3n) is 5.91. The number of carbonyl (C=O) groups is 2. The number of nitrogens with zero attached hydrogens (tertiary/aromatic N) is 2. The summed E-state index contributed by atoms with van der Waals surface area (Å²) in [6.45, 7) is 3.70. The van der Waals surface area contributed by atoms with Gasteiger partial charge in [0.25, 0.3) is 0 Å². The molecule has 0 N–H and O–H groups in total. The zero-order valence-corrected chi connectivity index (χ0v) is 16.1. The van der Waals surface area contributed by atoms with Crippen LogP contribution in [0.3, 0.4) is 0 Å². The van der Waals surface area contributed by atoms with Gasteiger partial charge in [-0.2, -0.15) is 0 Å². The molecule has 4 atom stereocenters. The van der Waals surface area contributed by atoms with Crippen molar-refractivity contribution in [2.75, 3.05) is 27.2 Å². The Kier molecular flexibility index (Phi) is 4.46. The maximum absolute atomic E-state index is 13.2. The number of likely N-dealkylation sites (tertiary alicyclic amines) is 1. The van der Waals surface area contributed by atoms with Crippen molar-refractivity contribution in [3.63, 3.8) is 0 Å². The van der Waals surface area contributed by atoms with Gasteiger partial charge in [-0.3, -0.25) is 9.59 Å². The average Bonchev–Trinajstić information content (AvgIpc) is 3.30. The van der Waals surface area contributed by atoms with Gasteiger partial charge >= 0.3 is 0 Å². The molecule has 4 rings (SSSR count). The molecule has 0 saturated carbocycles. The van der Waals surface area contributed by atoms with Crippen molar-refractivity contribution in [3.8, 4) is 5.75 Å². The highest BCUT2D eigenvalue weighted by atomic mass is 16.5. The van der Waals surface area contributed by atoms with E-state index >= 15 is 0 Å². The smallest absolute Gasteiger partial charge is 0.230 e. The first-order valence-corrected chi connectivity index (χ1v) is 9.53. The Morgan fingerprint density at radius 3 is 3.00 bits per heavy atom. The van der Waals surface area contributed by atoms with Gasteiger partial charge in [0.05, 0.1) is 31.6 Å². The van der Waals surface area contributed by atoms with E-state index in [1.165, 1.54) is 0 Å². The fraction of sp³-hybridized carbons (Fsp3) is 0.524. The Balaban J connectivity index is 1.56. The van der Waals surface area contributed by atoms with Crippen LogP contribution in [0, 0.1) is 11.8 Å².